The number of rotatable bonds is 6. The molecule has 1 saturated heterocycles. The van der Waals surface area contributed by atoms with E-state index in [0.717, 1.165) is 50.8 Å². The average Bonchev–Trinajstić information content (AvgIpc) is 2.49. The van der Waals surface area contributed by atoms with Crippen molar-refractivity contribution < 1.29 is 9.47 Å². The zero-order valence-electron chi connectivity index (χ0n) is 12.5. The summed E-state index contributed by atoms with van der Waals surface area (Å²) in [6.07, 6.45) is 1.97. The molecule has 2 rings (SSSR count). The zero-order valence-corrected chi connectivity index (χ0v) is 12.5. The molecule has 0 bridgehead atoms. The predicted molar refractivity (Wildman–Crippen MR) is 81.5 cm³/mol. The molecule has 1 aliphatic heterocycles. The fraction of sp³-hybridized carbons (Fsp3) is 0.500. The topological polar surface area (TPSA) is 24.9 Å². The molecule has 110 valence electrons. The largest absolute Gasteiger partial charge is 0.497 e. The molecule has 4 heteroatoms. The summed E-state index contributed by atoms with van der Waals surface area (Å²) in [6.45, 7) is 10.0. The first kappa shape index (κ1) is 14.9. The molecule has 0 aliphatic carbocycles. The molecule has 0 unspecified atom stereocenters. The molecule has 20 heavy (non-hydrogen) atoms. The minimum Gasteiger partial charge on any atom is -0.497 e. The van der Waals surface area contributed by atoms with Crippen LogP contribution in [0.1, 0.15) is 5.56 Å². The first-order valence-corrected chi connectivity index (χ1v) is 7.03. The Morgan fingerprint density at radius 3 is 2.40 bits per heavy atom. The third-order valence-corrected chi connectivity index (χ3v) is 3.73. The highest BCUT2D eigenvalue weighted by Gasteiger charge is 2.17. The van der Waals surface area contributed by atoms with E-state index in [1.54, 1.807) is 14.2 Å². The van der Waals surface area contributed by atoms with Crippen LogP contribution >= 0.6 is 0 Å². The number of hydrogen-bond acceptors (Lipinski definition) is 4. The van der Waals surface area contributed by atoms with Crippen LogP contribution in [0.15, 0.2) is 30.9 Å². The fourth-order valence-electron chi connectivity index (χ4n) is 2.56. The molecule has 1 fully saturated rings. The van der Waals surface area contributed by atoms with Crippen molar-refractivity contribution in [1.29, 1.82) is 0 Å². The Morgan fingerprint density at radius 1 is 1.10 bits per heavy atom. The van der Waals surface area contributed by atoms with Crippen LogP contribution in [0.4, 0.5) is 0 Å². The second kappa shape index (κ2) is 7.31. The lowest BCUT2D eigenvalue weighted by atomic mass is 10.1. The van der Waals surface area contributed by atoms with Gasteiger partial charge in [0, 0.05) is 44.8 Å². The highest BCUT2D eigenvalue weighted by Crippen LogP contribution is 2.25. The molecule has 0 spiro atoms. The number of ether oxygens (including phenoxy) is 2. The molecule has 4 nitrogen and oxygen atoms in total. The van der Waals surface area contributed by atoms with E-state index in [1.165, 1.54) is 5.56 Å². The second-order valence-corrected chi connectivity index (χ2v) is 5.04. The van der Waals surface area contributed by atoms with Gasteiger partial charge in [0.15, 0.2) is 0 Å². The normalized spacial score (nSPS) is 16.9. The van der Waals surface area contributed by atoms with Crippen molar-refractivity contribution >= 4 is 0 Å². The van der Waals surface area contributed by atoms with Crippen molar-refractivity contribution in [3.8, 4) is 11.5 Å². The minimum atomic E-state index is 0.881. The van der Waals surface area contributed by atoms with E-state index >= 15 is 0 Å². The van der Waals surface area contributed by atoms with E-state index in [2.05, 4.69) is 22.4 Å². The first-order chi connectivity index (χ1) is 9.76. The van der Waals surface area contributed by atoms with Crippen LogP contribution in [-0.2, 0) is 6.54 Å². The van der Waals surface area contributed by atoms with Gasteiger partial charge in [0.1, 0.15) is 11.5 Å². The van der Waals surface area contributed by atoms with Crippen LogP contribution in [0, 0.1) is 0 Å². The molecule has 1 aromatic rings. The average molecular weight is 276 g/mol. The number of nitrogens with zero attached hydrogens (tertiary/aromatic N) is 2. The third-order valence-electron chi connectivity index (χ3n) is 3.73. The predicted octanol–water partition coefficient (Wildman–Crippen LogP) is 2.01. The van der Waals surface area contributed by atoms with Crippen LogP contribution < -0.4 is 9.47 Å². The van der Waals surface area contributed by atoms with Crippen molar-refractivity contribution in [2.45, 2.75) is 6.54 Å². The smallest absolute Gasteiger partial charge is 0.123 e. The summed E-state index contributed by atoms with van der Waals surface area (Å²) >= 11 is 0. The van der Waals surface area contributed by atoms with Crippen molar-refractivity contribution in [3.63, 3.8) is 0 Å². The Kier molecular flexibility index (Phi) is 5.44. The number of piperazine rings is 1. The van der Waals surface area contributed by atoms with E-state index in [1.807, 2.05) is 18.2 Å². The number of methoxy groups -OCH3 is 2. The van der Waals surface area contributed by atoms with Gasteiger partial charge in [-0.3, -0.25) is 9.80 Å². The molecule has 1 aromatic carbocycles. The molecule has 0 N–H and O–H groups in total. The Labute approximate surface area is 121 Å². The van der Waals surface area contributed by atoms with Gasteiger partial charge in [0.2, 0.25) is 0 Å². The summed E-state index contributed by atoms with van der Waals surface area (Å²) < 4.78 is 10.7. The van der Waals surface area contributed by atoms with Gasteiger partial charge in [0.05, 0.1) is 14.2 Å². The Morgan fingerprint density at radius 2 is 1.80 bits per heavy atom. The summed E-state index contributed by atoms with van der Waals surface area (Å²) in [5.41, 5.74) is 1.18. The molecular weight excluding hydrogens is 252 g/mol. The highest BCUT2D eigenvalue weighted by molar-refractivity contribution is 5.40. The lowest BCUT2D eigenvalue weighted by Crippen LogP contribution is -2.45. The summed E-state index contributed by atoms with van der Waals surface area (Å²) in [6, 6.07) is 5.97. The highest BCUT2D eigenvalue weighted by atomic mass is 16.5. The van der Waals surface area contributed by atoms with Crippen LogP contribution in [0.3, 0.4) is 0 Å². The maximum atomic E-state index is 5.44. The van der Waals surface area contributed by atoms with Gasteiger partial charge in [-0.25, -0.2) is 0 Å². The monoisotopic (exact) mass is 276 g/mol. The Bertz CT molecular complexity index is 440. The molecular formula is C16H24N2O2. The van der Waals surface area contributed by atoms with Gasteiger partial charge < -0.3 is 9.47 Å². The molecule has 0 saturated carbocycles. The van der Waals surface area contributed by atoms with E-state index in [4.69, 9.17) is 9.47 Å². The quantitative estimate of drug-likeness (QED) is 0.742. The summed E-state index contributed by atoms with van der Waals surface area (Å²) in [5, 5.41) is 0. The molecule has 0 atom stereocenters. The molecule has 1 heterocycles. The maximum absolute atomic E-state index is 5.44. The summed E-state index contributed by atoms with van der Waals surface area (Å²) in [5.74, 6) is 1.81. The lowest BCUT2D eigenvalue weighted by molar-refractivity contribution is 0.136. The first-order valence-electron chi connectivity index (χ1n) is 7.03. The van der Waals surface area contributed by atoms with Crippen LogP contribution in [0.25, 0.3) is 0 Å². The molecule has 1 aliphatic rings. The molecule has 0 radical (unpaired) electrons. The Hall–Kier alpha value is -1.52. The van der Waals surface area contributed by atoms with Crippen molar-refractivity contribution in [3.05, 3.63) is 36.4 Å². The van der Waals surface area contributed by atoms with Crippen molar-refractivity contribution in [2.24, 2.45) is 0 Å². The van der Waals surface area contributed by atoms with Crippen LogP contribution in [-0.4, -0.2) is 56.7 Å². The van der Waals surface area contributed by atoms with Crippen LogP contribution in [0.5, 0.6) is 11.5 Å². The van der Waals surface area contributed by atoms with E-state index < -0.39 is 0 Å². The van der Waals surface area contributed by atoms with Crippen molar-refractivity contribution in [2.75, 3.05) is 46.9 Å². The van der Waals surface area contributed by atoms with Gasteiger partial charge in [0.25, 0.3) is 0 Å². The third kappa shape index (κ3) is 3.74. The minimum absolute atomic E-state index is 0.881. The molecule has 0 amide bonds. The van der Waals surface area contributed by atoms with Gasteiger partial charge in [-0.2, -0.15) is 0 Å². The zero-order chi connectivity index (χ0) is 14.4. The Balaban J connectivity index is 1.98. The van der Waals surface area contributed by atoms with E-state index in [-0.39, 0.29) is 0 Å². The van der Waals surface area contributed by atoms with E-state index in [9.17, 15) is 0 Å². The molecule has 0 aromatic heterocycles. The van der Waals surface area contributed by atoms with Crippen molar-refractivity contribution in [1.82, 2.24) is 9.80 Å². The summed E-state index contributed by atoms with van der Waals surface area (Å²) in [7, 11) is 3.41. The SMILES string of the molecule is C=CCN1CCN(Cc2cc(OC)ccc2OC)CC1. The summed E-state index contributed by atoms with van der Waals surface area (Å²) in [4.78, 5) is 4.88. The second-order valence-electron chi connectivity index (χ2n) is 5.04. The lowest BCUT2D eigenvalue weighted by Gasteiger charge is -2.34. The maximum Gasteiger partial charge on any atom is 0.123 e. The van der Waals surface area contributed by atoms with Crippen LogP contribution in [0.2, 0.25) is 0 Å². The standard InChI is InChI=1S/C16H24N2O2/c1-4-7-17-8-10-18(11-9-17)13-14-12-15(19-2)5-6-16(14)20-3/h4-6,12H,1,7-11,13H2,2-3H3. The number of hydrogen-bond donors (Lipinski definition) is 0. The van der Waals surface area contributed by atoms with Gasteiger partial charge >= 0.3 is 0 Å². The fourth-order valence-corrected chi connectivity index (χ4v) is 2.56. The number of benzene rings is 1. The van der Waals surface area contributed by atoms with Gasteiger partial charge in [-0.15, -0.1) is 6.58 Å². The van der Waals surface area contributed by atoms with E-state index in [0.29, 0.717) is 0 Å². The van der Waals surface area contributed by atoms with Gasteiger partial charge in [-0.1, -0.05) is 6.08 Å². The van der Waals surface area contributed by atoms with Gasteiger partial charge in [-0.05, 0) is 18.2 Å².